The summed E-state index contributed by atoms with van der Waals surface area (Å²) in [5.41, 5.74) is 1.66. The molecule has 3 rings (SSSR count). The van der Waals surface area contributed by atoms with E-state index in [1.165, 1.54) is 24.3 Å². The molecule has 4 atom stereocenters. The van der Waals surface area contributed by atoms with E-state index in [1.54, 1.807) is 18.2 Å². The fourth-order valence-electron chi connectivity index (χ4n) is 2.74. The SMILES string of the molecule is O=C(c1ccc(F)cc1)c1ccc2nc(/N=C/C(O)C(O)C(O)C(O)CO)[nH]c2c1. The third-order valence-electron chi connectivity index (χ3n) is 4.47. The fourth-order valence-corrected chi connectivity index (χ4v) is 2.74. The highest BCUT2D eigenvalue weighted by molar-refractivity contribution is 6.10. The quantitative estimate of drug-likeness (QED) is 0.223. The van der Waals surface area contributed by atoms with Gasteiger partial charge in [0.1, 0.15) is 30.2 Å². The highest BCUT2D eigenvalue weighted by Gasteiger charge is 2.29. The molecule has 0 aliphatic heterocycles. The molecular weight excluding hydrogens is 397 g/mol. The molecule has 0 aliphatic rings. The van der Waals surface area contributed by atoms with Crippen molar-refractivity contribution in [1.29, 1.82) is 0 Å². The zero-order valence-corrected chi connectivity index (χ0v) is 15.6. The van der Waals surface area contributed by atoms with Crippen molar-refractivity contribution in [3.63, 3.8) is 0 Å². The Morgan fingerprint density at radius 2 is 1.73 bits per heavy atom. The summed E-state index contributed by atoms with van der Waals surface area (Å²) in [6.07, 6.45) is -5.89. The van der Waals surface area contributed by atoms with E-state index in [-0.39, 0.29) is 11.7 Å². The van der Waals surface area contributed by atoms with Gasteiger partial charge in [-0.25, -0.2) is 14.4 Å². The molecule has 0 amide bonds. The second kappa shape index (κ2) is 9.20. The van der Waals surface area contributed by atoms with Crippen LogP contribution in [0.15, 0.2) is 47.5 Å². The summed E-state index contributed by atoms with van der Waals surface area (Å²) in [6, 6.07) is 9.89. The van der Waals surface area contributed by atoms with Crippen molar-refractivity contribution in [1.82, 2.24) is 9.97 Å². The Morgan fingerprint density at radius 3 is 2.40 bits per heavy atom. The van der Waals surface area contributed by atoms with E-state index in [4.69, 9.17) is 5.11 Å². The number of aromatic nitrogens is 2. The number of carbonyl (C=O) groups excluding carboxylic acids is 1. The maximum Gasteiger partial charge on any atom is 0.227 e. The summed E-state index contributed by atoms with van der Waals surface area (Å²) in [7, 11) is 0. The van der Waals surface area contributed by atoms with E-state index in [2.05, 4.69) is 15.0 Å². The van der Waals surface area contributed by atoms with E-state index >= 15 is 0 Å². The molecule has 2 aromatic carbocycles. The summed E-state index contributed by atoms with van der Waals surface area (Å²) < 4.78 is 13.0. The molecule has 4 unspecified atom stereocenters. The zero-order chi connectivity index (χ0) is 21.8. The van der Waals surface area contributed by atoms with Gasteiger partial charge in [-0.05, 0) is 42.5 Å². The lowest BCUT2D eigenvalue weighted by Crippen LogP contribution is -2.46. The third-order valence-corrected chi connectivity index (χ3v) is 4.47. The van der Waals surface area contributed by atoms with Gasteiger partial charge in [0.15, 0.2) is 5.78 Å². The number of rotatable bonds is 8. The minimum atomic E-state index is -1.78. The van der Waals surface area contributed by atoms with Gasteiger partial charge < -0.3 is 30.5 Å². The minimum Gasteiger partial charge on any atom is -0.394 e. The first-order chi connectivity index (χ1) is 14.3. The normalized spacial score (nSPS) is 15.9. The van der Waals surface area contributed by atoms with Crippen LogP contribution in [0.2, 0.25) is 0 Å². The van der Waals surface area contributed by atoms with E-state index in [0.29, 0.717) is 22.2 Å². The number of hydrogen-bond acceptors (Lipinski definition) is 8. The molecule has 9 nitrogen and oxygen atoms in total. The number of hydrogen-bond donors (Lipinski definition) is 6. The maximum absolute atomic E-state index is 13.0. The monoisotopic (exact) mass is 417 g/mol. The molecule has 0 fully saturated rings. The summed E-state index contributed by atoms with van der Waals surface area (Å²) in [4.78, 5) is 23.4. The molecule has 0 saturated heterocycles. The standard InChI is InChI=1S/C20H20FN3O6/c21-12-4-1-10(2-5-12)17(28)11-3-6-13-14(7-11)24-20(23-13)22-8-15(26)18(29)19(30)16(27)9-25/h1-8,15-16,18-19,25-27,29-30H,9H2,(H,23,24)/b22-8+. The van der Waals surface area contributed by atoms with Crippen LogP contribution in [-0.4, -0.2) is 78.5 Å². The van der Waals surface area contributed by atoms with Gasteiger partial charge in [-0.2, -0.15) is 0 Å². The topological polar surface area (TPSA) is 159 Å². The summed E-state index contributed by atoms with van der Waals surface area (Å²) in [6.45, 7) is -0.787. The largest absolute Gasteiger partial charge is 0.394 e. The van der Waals surface area contributed by atoms with Crippen molar-refractivity contribution in [3.05, 3.63) is 59.4 Å². The van der Waals surface area contributed by atoms with Crippen molar-refractivity contribution in [2.75, 3.05) is 6.61 Å². The molecule has 3 aromatic rings. The van der Waals surface area contributed by atoms with E-state index < -0.39 is 36.8 Å². The van der Waals surface area contributed by atoms with Crippen LogP contribution in [0.1, 0.15) is 15.9 Å². The van der Waals surface area contributed by atoms with Crippen LogP contribution in [-0.2, 0) is 0 Å². The molecule has 1 aromatic heterocycles. The Balaban J connectivity index is 1.76. The van der Waals surface area contributed by atoms with Crippen molar-refractivity contribution >= 4 is 29.0 Å². The number of aliphatic hydroxyl groups is 5. The average molecular weight is 417 g/mol. The van der Waals surface area contributed by atoms with Crippen LogP contribution in [0.4, 0.5) is 10.3 Å². The predicted molar refractivity (Wildman–Crippen MR) is 105 cm³/mol. The second-order valence-electron chi connectivity index (χ2n) is 6.63. The van der Waals surface area contributed by atoms with Gasteiger partial charge >= 0.3 is 0 Å². The lowest BCUT2D eigenvalue weighted by Gasteiger charge is -2.23. The van der Waals surface area contributed by atoms with Gasteiger partial charge in [-0.3, -0.25) is 4.79 Å². The van der Waals surface area contributed by atoms with Crippen molar-refractivity contribution in [2.45, 2.75) is 24.4 Å². The Labute approximate surface area is 169 Å². The number of ketones is 1. The first kappa shape index (κ1) is 21.7. The molecular formula is C20H20FN3O6. The molecule has 6 N–H and O–H groups in total. The first-order valence-corrected chi connectivity index (χ1v) is 8.97. The average Bonchev–Trinajstić information content (AvgIpc) is 3.18. The number of fused-ring (bicyclic) bond motifs is 1. The van der Waals surface area contributed by atoms with Gasteiger partial charge in [-0.1, -0.05) is 0 Å². The number of imidazole rings is 1. The fraction of sp³-hybridized carbons (Fsp3) is 0.250. The third kappa shape index (κ3) is 4.75. The van der Waals surface area contributed by atoms with Crippen LogP contribution in [0.25, 0.3) is 11.0 Å². The van der Waals surface area contributed by atoms with E-state index in [0.717, 1.165) is 6.21 Å². The summed E-state index contributed by atoms with van der Waals surface area (Å²) >= 11 is 0. The lowest BCUT2D eigenvalue weighted by molar-refractivity contribution is -0.0999. The molecule has 0 saturated carbocycles. The van der Waals surface area contributed by atoms with Crippen LogP contribution in [0.5, 0.6) is 0 Å². The second-order valence-corrected chi connectivity index (χ2v) is 6.63. The van der Waals surface area contributed by atoms with E-state index in [9.17, 15) is 29.6 Å². The molecule has 158 valence electrons. The Hall–Kier alpha value is -3.02. The van der Waals surface area contributed by atoms with Crippen molar-refractivity contribution < 1.29 is 34.7 Å². The highest BCUT2D eigenvalue weighted by atomic mass is 19.1. The van der Waals surface area contributed by atoms with Crippen molar-refractivity contribution in [3.8, 4) is 0 Å². The van der Waals surface area contributed by atoms with Gasteiger partial charge in [-0.15, -0.1) is 0 Å². The number of carbonyl (C=O) groups is 1. The van der Waals surface area contributed by atoms with Crippen LogP contribution in [0, 0.1) is 5.82 Å². The lowest BCUT2D eigenvalue weighted by atomic mass is 10.0. The Kier molecular flexibility index (Phi) is 6.65. The Bertz CT molecular complexity index is 1050. The summed E-state index contributed by atoms with van der Waals surface area (Å²) in [5, 5.41) is 47.3. The first-order valence-electron chi connectivity index (χ1n) is 8.97. The number of aromatic amines is 1. The van der Waals surface area contributed by atoms with Gasteiger partial charge in [0.25, 0.3) is 0 Å². The van der Waals surface area contributed by atoms with Crippen molar-refractivity contribution in [2.24, 2.45) is 4.99 Å². The van der Waals surface area contributed by atoms with Gasteiger partial charge in [0.2, 0.25) is 5.95 Å². The van der Waals surface area contributed by atoms with Gasteiger partial charge in [0, 0.05) is 17.3 Å². The molecule has 30 heavy (non-hydrogen) atoms. The molecule has 0 aliphatic carbocycles. The molecule has 1 heterocycles. The highest BCUT2D eigenvalue weighted by Crippen LogP contribution is 2.20. The maximum atomic E-state index is 13.0. The molecule has 0 bridgehead atoms. The van der Waals surface area contributed by atoms with Gasteiger partial charge in [0.05, 0.1) is 17.6 Å². The number of nitrogens with zero attached hydrogens (tertiary/aromatic N) is 2. The number of aliphatic imine (C=N–C) groups is 1. The van der Waals surface area contributed by atoms with E-state index in [1.807, 2.05) is 0 Å². The number of H-pyrrole nitrogens is 1. The van der Waals surface area contributed by atoms with Crippen LogP contribution < -0.4 is 0 Å². The number of nitrogens with one attached hydrogen (secondary N) is 1. The Morgan fingerprint density at radius 1 is 1.07 bits per heavy atom. The molecule has 0 spiro atoms. The number of aliphatic hydroxyl groups excluding tert-OH is 5. The molecule has 10 heteroatoms. The number of benzene rings is 2. The molecule has 0 radical (unpaired) electrons. The summed E-state index contributed by atoms with van der Waals surface area (Å²) in [5.74, 6) is -0.671. The van der Waals surface area contributed by atoms with Crippen LogP contribution in [0.3, 0.4) is 0 Å². The zero-order valence-electron chi connectivity index (χ0n) is 15.6. The predicted octanol–water partition coefficient (Wildman–Crippen LogP) is 0.0712. The van der Waals surface area contributed by atoms with Crippen LogP contribution >= 0.6 is 0 Å². The smallest absolute Gasteiger partial charge is 0.227 e. The number of halogens is 1. The minimum absolute atomic E-state index is 0.0693.